The Hall–Kier alpha value is -2.40. The van der Waals surface area contributed by atoms with Crippen LogP contribution in [0.5, 0.6) is 0 Å². The Morgan fingerprint density at radius 3 is 2.48 bits per heavy atom. The van der Waals surface area contributed by atoms with Gasteiger partial charge in [-0.2, -0.15) is 0 Å². The molecule has 1 aliphatic rings. The molecule has 0 aliphatic carbocycles. The lowest BCUT2D eigenvalue weighted by Crippen LogP contribution is -2.41. The Labute approximate surface area is 161 Å². The number of nitrogens with zero attached hydrogens (tertiary/aromatic N) is 3. The molecule has 3 rings (SSSR count). The van der Waals surface area contributed by atoms with E-state index in [0.29, 0.717) is 6.54 Å². The largest absolute Gasteiger partial charge is 0.331 e. The predicted molar refractivity (Wildman–Crippen MR) is 108 cm³/mol. The number of piperidine rings is 1. The van der Waals surface area contributed by atoms with Crippen molar-refractivity contribution in [3.8, 4) is 0 Å². The van der Waals surface area contributed by atoms with Gasteiger partial charge in [-0.05, 0) is 63.5 Å². The second-order valence-electron chi connectivity index (χ2n) is 7.74. The van der Waals surface area contributed by atoms with Gasteiger partial charge in [0.25, 0.3) is 11.5 Å². The molecule has 0 radical (unpaired) electrons. The van der Waals surface area contributed by atoms with Crippen molar-refractivity contribution in [1.29, 1.82) is 0 Å². The van der Waals surface area contributed by atoms with Crippen molar-refractivity contribution in [2.45, 2.75) is 38.8 Å². The minimum atomic E-state index is -0.217. The van der Waals surface area contributed by atoms with E-state index < -0.39 is 0 Å². The molecule has 1 aromatic heterocycles. The average Bonchev–Trinajstić information content (AvgIpc) is 2.66. The fourth-order valence-corrected chi connectivity index (χ4v) is 3.78. The minimum absolute atomic E-state index is 0.0330. The molecular formula is C22H29N3O2. The molecule has 1 atom stereocenters. The van der Waals surface area contributed by atoms with Crippen molar-refractivity contribution in [3.05, 3.63) is 69.1 Å². The number of hydrogen-bond donors (Lipinski definition) is 0. The Morgan fingerprint density at radius 2 is 1.81 bits per heavy atom. The molecule has 1 amide bonds. The van der Waals surface area contributed by atoms with E-state index in [2.05, 4.69) is 43.3 Å². The van der Waals surface area contributed by atoms with E-state index >= 15 is 0 Å². The quantitative estimate of drug-likeness (QED) is 0.834. The molecule has 27 heavy (non-hydrogen) atoms. The zero-order valence-corrected chi connectivity index (χ0v) is 16.7. The molecular weight excluding hydrogens is 338 g/mol. The summed E-state index contributed by atoms with van der Waals surface area (Å²) in [5.41, 5.74) is 3.30. The molecule has 5 heteroatoms. The Morgan fingerprint density at radius 1 is 1.11 bits per heavy atom. The van der Waals surface area contributed by atoms with Gasteiger partial charge in [0, 0.05) is 25.8 Å². The highest BCUT2D eigenvalue weighted by Crippen LogP contribution is 2.32. The molecule has 5 nitrogen and oxygen atoms in total. The molecule has 1 fully saturated rings. The van der Waals surface area contributed by atoms with Gasteiger partial charge in [-0.25, -0.2) is 0 Å². The molecule has 0 saturated carbocycles. The monoisotopic (exact) mass is 367 g/mol. The molecule has 2 heterocycles. The fraction of sp³-hybridized carbons (Fsp3) is 0.455. The van der Waals surface area contributed by atoms with E-state index in [1.54, 1.807) is 17.7 Å². The maximum atomic E-state index is 13.2. The van der Waals surface area contributed by atoms with Crippen LogP contribution in [0.25, 0.3) is 0 Å². The van der Waals surface area contributed by atoms with Crippen LogP contribution in [0.4, 0.5) is 0 Å². The van der Waals surface area contributed by atoms with Gasteiger partial charge in [-0.15, -0.1) is 0 Å². The molecule has 0 unspecified atom stereocenters. The maximum absolute atomic E-state index is 13.2. The first-order valence-corrected chi connectivity index (χ1v) is 9.59. The number of rotatable bonds is 4. The Kier molecular flexibility index (Phi) is 5.80. The van der Waals surface area contributed by atoms with Gasteiger partial charge in [0.1, 0.15) is 5.56 Å². The molecule has 1 aliphatic heterocycles. The first-order valence-electron chi connectivity index (χ1n) is 9.59. The zero-order chi connectivity index (χ0) is 19.6. The molecule has 2 aromatic rings. The first-order chi connectivity index (χ1) is 12.9. The third-order valence-corrected chi connectivity index (χ3v) is 5.41. The Balaban J connectivity index is 1.88. The number of aryl methyl sites for hydroxylation is 1. The topological polar surface area (TPSA) is 45.6 Å². The summed E-state index contributed by atoms with van der Waals surface area (Å²) >= 11 is 0. The summed E-state index contributed by atoms with van der Waals surface area (Å²) in [6.45, 7) is 3.46. The lowest BCUT2D eigenvalue weighted by Gasteiger charge is -2.36. The van der Waals surface area contributed by atoms with Gasteiger partial charge >= 0.3 is 0 Å². The Bertz CT molecular complexity index is 868. The van der Waals surface area contributed by atoms with Gasteiger partial charge in [-0.1, -0.05) is 24.3 Å². The standard InChI is InChI=1S/C22H29N3O2/c1-16-8-13-19(21(26)24(16)4)22(27)25-14-6-5-7-20(25)18-11-9-17(10-12-18)15-23(2)3/h8-13,20H,5-7,14-15H2,1-4H3/t20-/m1/s1. The van der Waals surface area contributed by atoms with Crippen molar-refractivity contribution in [2.75, 3.05) is 20.6 Å². The average molecular weight is 367 g/mol. The number of benzene rings is 1. The third kappa shape index (κ3) is 4.14. The van der Waals surface area contributed by atoms with Crippen LogP contribution in [0, 0.1) is 6.92 Å². The highest BCUT2D eigenvalue weighted by atomic mass is 16.2. The van der Waals surface area contributed by atoms with E-state index in [0.717, 1.165) is 37.1 Å². The number of pyridine rings is 1. The van der Waals surface area contributed by atoms with Gasteiger partial charge in [0.15, 0.2) is 0 Å². The smallest absolute Gasteiger partial charge is 0.263 e. The number of aromatic nitrogens is 1. The van der Waals surface area contributed by atoms with Crippen LogP contribution in [0.15, 0.2) is 41.2 Å². The van der Waals surface area contributed by atoms with E-state index in [9.17, 15) is 9.59 Å². The van der Waals surface area contributed by atoms with E-state index in [1.165, 1.54) is 5.56 Å². The zero-order valence-electron chi connectivity index (χ0n) is 16.7. The molecule has 0 bridgehead atoms. The second-order valence-corrected chi connectivity index (χ2v) is 7.74. The predicted octanol–water partition coefficient (Wildman–Crippen LogP) is 3.12. The van der Waals surface area contributed by atoms with E-state index in [4.69, 9.17) is 0 Å². The summed E-state index contributed by atoms with van der Waals surface area (Å²) in [6.07, 6.45) is 3.01. The number of carbonyl (C=O) groups excluding carboxylic acids is 1. The molecule has 0 spiro atoms. The van der Waals surface area contributed by atoms with E-state index in [-0.39, 0.29) is 23.1 Å². The lowest BCUT2D eigenvalue weighted by atomic mass is 9.93. The number of amides is 1. The van der Waals surface area contributed by atoms with Gasteiger partial charge in [-0.3, -0.25) is 9.59 Å². The van der Waals surface area contributed by atoms with Crippen LogP contribution < -0.4 is 5.56 Å². The van der Waals surface area contributed by atoms with Crippen LogP contribution in [-0.4, -0.2) is 40.9 Å². The summed E-state index contributed by atoms with van der Waals surface area (Å²) < 4.78 is 1.54. The molecule has 0 N–H and O–H groups in total. The molecule has 1 saturated heterocycles. The summed E-state index contributed by atoms with van der Waals surface area (Å²) in [4.78, 5) is 29.8. The number of likely N-dealkylation sites (tertiary alicyclic amines) is 1. The van der Waals surface area contributed by atoms with Crippen LogP contribution in [0.1, 0.15) is 52.5 Å². The van der Waals surface area contributed by atoms with Crippen molar-refractivity contribution in [1.82, 2.24) is 14.4 Å². The molecule has 1 aromatic carbocycles. The van der Waals surface area contributed by atoms with Crippen LogP contribution in [0.3, 0.4) is 0 Å². The summed E-state index contributed by atoms with van der Waals surface area (Å²) in [6, 6.07) is 12.1. The van der Waals surface area contributed by atoms with Crippen molar-refractivity contribution >= 4 is 5.91 Å². The van der Waals surface area contributed by atoms with Crippen LogP contribution in [-0.2, 0) is 13.6 Å². The van der Waals surface area contributed by atoms with Crippen LogP contribution >= 0.6 is 0 Å². The van der Waals surface area contributed by atoms with Gasteiger partial charge in [0.2, 0.25) is 0 Å². The van der Waals surface area contributed by atoms with Crippen molar-refractivity contribution in [2.24, 2.45) is 7.05 Å². The number of carbonyl (C=O) groups is 1. The highest BCUT2D eigenvalue weighted by Gasteiger charge is 2.30. The fourth-order valence-electron chi connectivity index (χ4n) is 3.78. The SMILES string of the molecule is Cc1ccc(C(=O)N2CCCC[C@@H]2c2ccc(CN(C)C)cc2)c(=O)n1C. The van der Waals surface area contributed by atoms with Crippen LogP contribution in [0.2, 0.25) is 0 Å². The van der Waals surface area contributed by atoms with E-state index in [1.807, 2.05) is 17.9 Å². The normalized spacial score (nSPS) is 17.4. The maximum Gasteiger partial charge on any atom is 0.263 e. The first kappa shape index (κ1) is 19.4. The third-order valence-electron chi connectivity index (χ3n) is 5.41. The second kappa shape index (κ2) is 8.09. The summed E-state index contributed by atoms with van der Waals surface area (Å²) in [5.74, 6) is -0.155. The van der Waals surface area contributed by atoms with Gasteiger partial charge < -0.3 is 14.4 Å². The number of hydrogen-bond acceptors (Lipinski definition) is 3. The van der Waals surface area contributed by atoms with Crippen molar-refractivity contribution < 1.29 is 4.79 Å². The summed E-state index contributed by atoms with van der Waals surface area (Å²) in [7, 11) is 5.82. The minimum Gasteiger partial charge on any atom is -0.331 e. The molecule has 144 valence electrons. The highest BCUT2D eigenvalue weighted by molar-refractivity contribution is 5.94. The summed E-state index contributed by atoms with van der Waals surface area (Å²) in [5, 5.41) is 0. The lowest BCUT2D eigenvalue weighted by molar-refractivity contribution is 0.0609. The van der Waals surface area contributed by atoms with Gasteiger partial charge in [0.05, 0.1) is 6.04 Å². The van der Waals surface area contributed by atoms with Crippen molar-refractivity contribution in [3.63, 3.8) is 0 Å².